The highest BCUT2D eigenvalue weighted by atomic mass is 35.5. The minimum absolute atomic E-state index is 0.0108. The fourth-order valence-corrected chi connectivity index (χ4v) is 1.82. The fourth-order valence-electron chi connectivity index (χ4n) is 1.69. The molecule has 0 fully saturated rings. The van der Waals surface area contributed by atoms with Crippen LogP contribution in [0.1, 0.15) is 27.0 Å². The molecule has 1 aromatic carbocycles. The topological polar surface area (TPSA) is 17.1 Å². The molecule has 0 heterocycles. The van der Waals surface area contributed by atoms with E-state index in [0.29, 0.717) is 0 Å². The molecule has 0 bridgehead atoms. The van der Waals surface area contributed by atoms with Gasteiger partial charge in [-0.2, -0.15) is 0 Å². The minimum atomic E-state index is 0.0108. The summed E-state index contributed by atoms with van der Waals surface area (Å²) in [6.07, 6.45) is 0. The van der Waals surface area contributed by atoms with Crippen molar-refractivity contribution in [2.75, 3.05) is 5.88 Å². The van der Waals surface area contributed by atoms with E-state index >= 15 is 0 Å². The molecule has 0 spiro atoms. The normalized spacial score (nSPS) is 10.2. The van der Waals surface area contributed by atoms with Crippen LogP contribution in [0.15, 0.2) is 12.1 Å². The number of ketones is 1. The lowest BCUT2D eigenvalue weighted by Crippen LogP contribution is -2.06. The zero-order valence-electron chi connectivity index (χ0n) is 8.15. The zero-order valence-corrected chi connectivity index (χ0v) is 8.90. The van der Waals surface area contributed by atoms with E-state index in [2.05, 4.69) is 0 Å². The molecule has 0 N–H and O–H groups in total. The van der Waals surface area contributed by atoms with Crippen LogP contribution in [0.5, 0.6) is 0 Å². The first-order valence-electron chi connectivity index (χ1n) is 4.23. The first-order valence-corrected chi connectivity index (χ1v) is 4.76. The second-order valence-corrected chi connectivity index (χ2v) is 3.60. The number of aryl methyl sites for hydroxylation is 3. The SMILES string of the molecule is Cc1cc(C)c(C(=O)CCl)c(C)c1. The van der Waals surface area contributed by atoms with E-state index in [0.717, 1.165) is 16.7 Å². The number of alkyl halides is 1. The predicted octanol–water partition coefficient (Wildman–Crippen LogP) is 3.03. The van der Waals surface area contributed by atoms with E-state index in [9.17, 15) is 4.79 Å². The molecule has 0 unspecified atom stereocenters. The maximum absolute atomic E-state index is 11.4. The lowest BCUT2D eigenvalue weighted by atomic mass is 9.97. The molecule has 13 heavy (non-hydrogen) atoms. The maximum atomic E-state index is 11.4. The summed E-state index contributed by atoms with van der Waals surface area (Å²) >= 11 is 5.52. The number of rotatable bonds is 2. The van der Waals surface area contributed by atoms with Crippen LogP contribution in [0.3, 0.4) is 0 Å². The van der Waals surface area contributed by atoms with Crippen molar-refractivity contribution in [3.05, 3.63) is 34.4 Å². The Bertz CT molecular complexity index is 319. The third-order valence-electron chi connectivity index (χ3n) is 2.08. The van der Waals surface area contributed by atoms with Gasteiger partial charge < -0.3 is 0 Å². The van der Waals surface area contributed by atoms with E-state index in [1.165, 1.54) is 5.56 Å². The molecule has 0 aromatic heterocycles. The Morgan fingerprint density at radius 3 is 2.08 bits per heavy atom. The molecule has 2 heteroatoms. The molecule has 0 saturated heterocycles. The van der Waals surface area contributed by atoms with Crippen LogP contribution in [0.4, 0.5) is 0 Å². The summed E-state index contributed by atoms with van der Waals surface area (Å²) in [7, 11) is 0. The average molecular weight is 197 g/mol. The second kappa shape index (κ2) is 3.93. The van der Waals surface area contributed by atoms with Gasteiger partial charge in [0.15, 0.2) is 5.78 Å². The number of halogens is 1. The number of hydrogen-bond donors (Lipinski definition) is 0. The molecule has 1 rings (SSSR count). The van der Waals surface area contributed by atoms with Crippen molar-refractivity contribution in [1.29, 1.82) is 0 Å². The number of Topliss-reactive ketones (excluding diaryl/α,β-unsaturated/α-hetero) is 1. The highest BCUT2D eigenvalue weighted by Gasteiger charge is 2.10. The van der Waals surface area contributed by atoms with E-state index in [4.69, 9.17) is 11.6 Å². The van der Waals surface area contributed by atoms with Crippen LogP contribution in [0.25, 0.3) is 0 Å². The zero-order chi connectivity index (χ0) is 10.0. The molecule has 1 nitrogen and oxygen atoms in total. The van der Waals surface area contributed by atoms with Crippen molar-refractivity contribution in [2.24, 2.45) is 0 Å². The highest BCUT2D eigenvalue weighted by Crippen LogP contribution is 2.17. The van der Waals surface area contributed by atoms with Crippen LogP contribution in [-0.2, 0) is 0 Å². The third kappa shape index (κ3) is 2.10. The number of hydrogen-bond acceptors (Lipinski definition) is 1. The van der Waals surface area contributed by atoms with Crippen molar-refractivity contribution < 1.29 is 4.79 Å². The Hall–Kier alpha value is -0.820. The lowest BCUT2D eigenvalue weighted by Gasteiger charge is -2.08. The summed E-state index contributed by atoms with van der Waals surface area (Å²) in [6.45, 7) is 5.91. The van der Waals surface area contributed by atoms with Crippen molar-refractivity contribution in [3.8, 4) is 0 Å². The summed E-state index contributed by atoms with van der Waals surface area (Å²) in [4.78, 5) is 11.4. The third-order valence-corrected chi connectivity index (χ3v) is 2.32. The van der Waals surface area contributed by atoms with Crippen LogP contribution >= 0.6 is 11.6 Å². The summed E-state index contributed by atoms with van der Waals surface area (Å²) in [5.74, 6) is 0.0711. The quantitative estimate of drug-likeness (QED) is 0.525. The van der Waals surface area contributed by atoms with E-state index in [1.54, 1.807) is 0 Å². The number of carbonyl (C=O) groups is 1. The van der Waals surface area contributed by atoms with Gasteiger partial charge in [-0.25, -0.2) is 0 Å². The number of benzene rings is 1. The van der Waals surface area contributed by atoms with E-state index in [1.807, 2.05) is 32.9 Å². The van der Waals surface area contributed by atoms with Crippen molar-refractivity contribution in [2.45, 2.75) is 20.8 Å². The second-order valence-electron chi connectivity index (χ2n) is 3.33. The minimum Gasteiger partial charge on any atom is -0.293 e. The number of carbonyl (C=O) groups excluding carboxylic acids is 1. The predicted molar refractivity (Wildman–Crippen MR) is 55.7 cm³/mol. The van der Waals surface area contributed by atoms with Crippen molar-refractivity contribution in [3.63, 3.8) is 0 Å². The van der Waals surface area contributed by atoms with Gasteiger partial charge in [-0.15, -0.1) is 11.6 Å². The molecule has 0 saturated carbocycles. The molecular weight excluding hydrogens is 184 g/mol. The van der Waals surface area contributed by atoms with Crippen molar-refractivity contribution in [1.82, 2.24) is 0 Å². The van der Waals surface area contributed by atoms with Crippen LogP contribution < -0.4 is 0 Å². The van der Waals surface area contributed by atoms with Gasteiger partial charge >= 0.3 is 0 Å². The Kier molecular flexibility index (Phi) is 3.10. The van der Waals surface area contributed by atoms with Gasteiger partial charge in [0.2, 0.25) is 0 Å². The van der Waals surface area contributed by atoms with Crippen LogP contribution in [-0.4, -0.2) is 11.7 Å². The van der Waals surface area contributed by atoms with Gasteiger partial charge in [0.25, 0.3) is 0 Å². The molecule has 0 aliphatic heterocycles. The van der Waals surface area contributed by atoms with E-state index in [-0.39, 0.29) is 11.7 Å². The molecule has 1 aromatic rings. The molecule has 0 amide bonds. The Labute approximate surface area is 83.7 Å². The molecule has 0 atom stereocenters. The smallest absolute Gasteiger partial charge is 0.178 e. The maximum Gasteiger partial charge on any atom is 0.178 e. The average Bonchev–Trinajstić information content (AvgIpc) is 2.02. The van der Waals surface area contributed by atoms with Crippen LogP contribution in [0, 0.1) is 20.8 Å². The Balaban J connectivity index is 3.28. The first kappa shape index (κ1) is 10.3. The monoisotopic (exact) mass is 196 g/mol. The summed E-state index contributed by atoms with van der Waals surface area (Å²) < 4.78 is 0. The molecule has 0 aliphatic carbocycles. The summed E-state index contributed by atoms with van der Waals surface area (Å²) in [6, 6.07) is 4.01. The van der Waals surface area contributed by atoms with Gasteiger partial charge in [-0.3, -0.25) is 4.79 Å². The first-order chi connectivity index (χ1) is 6.06. The standard InChI is InChI=1S/C11H13ClO/c1-7-4-8(2)11(9(3)5-7)10(13)6-12/h4-5H,6H2,1-3H3. The summed E-state index contributed by atoms with van der Waals surface area (Å²) in [5.41, 5.74) is 3.99. The lowest BCUT2D eigenvalue weighted by molar-refractivity contribution is 0.102. The van der Waals surface area contributed by atoms with Crippen LogP contribution in [0.2, 0.25) is 0 Å². The molecule has 0 aliphatic rings. The fraction of sp³-hybridized carbons (Fsp3) is 0.364. The summed E-state index contributed by atoms with van der Waals surface area (Å²) in [5, 5.41) is 0. The van der Waals surface area contributed by atoms with Gasteiger partial charge in [-0.05, 0) is 31.9 Å². The largest absolute Gasteiger partial charge is 0.293 e. The molecular formula is C11H13ClO. The van der Waals surface area contributed by atoms with Gasteiger partial charge in [0, 0.05) is 5.56 Å². The molecule has 70 valence electrons. The molecule has 0 radical (unpaired) electrons. The van der Waals surface area contributed by atoms with Gasteiger partial charge in [0.1, 0.15) is 0 Å². The Morgan fingerprint density at radius 2 is 1.69 bits per heavy atom. The highest BCUT2D eigenvalue weighted by molar-refractivity contribution is 6.30. The van der Waals surface area contributed by atoms with Gasteiger partial charge in [-0.1, -0.05) is 17.7 Å². The van der Waals surface area contributed by atoms with Crippen molar-refractivity contribution >= 4 is 17.4 Å². The van der Waals surface area contributed by atoms with E-state index < -0.39 is 0 Å². The Morgan fingerprint density at radius 1 is 1.23 bits per heavy atom. The van der Waals surface area contributed by atoms with Gasteiger partial charge in [0.05, 0.1) is 5.88 Å².